The van der Waals surface area contributed by atoms with Gasteiger partial charge in [0, 0.05) is 36.7 Å². The molecule has 8 rings (SSSR count). The summed E-state index contributed by atoms with van der Waals surface area (Å²) in [5.74, 6) is 6.14. The largest absolute Gasteiger partial charge is 0.427 e. The quantitative estimate of drug-likeness (QED) is 0.0225. The Morgan fingerprint density at radius 2 is 1.46 bits per heavy atom. The molecular formula is C54H55IN6O6. The minimum Gasteiger partial charge on any atom is -0.427 e. The Hall–Kier alpha value is -6.50. The lowest BCUT2D eigenvalue weighted by atomic mass is 10.0. The van der Waals surface area contributed by atoms with Gasteiger partial charge in [-0.2, -0.15) is 5.01 Å². The lowest BCUT2D eigenvalue weighted by molar-refractivity contribution is -0.189. The minimum absolute atomic E-state index is 0.0196. The Labute approximate surface area is 405 Å². The van der Waals surface area contributed by atoms with E-state index in [0.717, 1.165) is 46.7 Å². The fourth-order valence-electron chi connectivity index (χ4n) is 8.68. The molecule has 1 aromatic heterocycles. The number of ether oxygens (including phenoxy) is 1. The molecule has 0 radical (unpaired) electrons. The fraction of sp³-hybridized carbons (Fsp3) is 0.315. The molecule has 344 valence electrons. The molecule has 0 spiro atoms. The van der Waals surface area contributed by atoms with Gasteiger partial charge in [0.05, 0.1) is 19.6 Å². The van der Waals surface area contributed by atoms with Gasteiger partial charge in [-0.25, -0.2) is 9.80 Å². The first kappa shape index (κ1) is 47.0. The molecule has 5 aromatic carbocycles. The van der Waals surface area contributed by atoms with Crippen LogP contribution < -0.4 is 10.1 Å². The minimum atomic E-state index is -1.23. The highest BCUT2D eigenvalue weighted by Gasteiger charge is 2.51. The number of esters is 1. The van der Waals surface area contributed by atoms with Crippen molar-refractivity contribution in [1.29, 1.82) is 0 Å². The van der Waals surface area contributed by atoms with Crippen molar-refractivity contribution in [2.24, 2.45) is 0 Å². The molecule has 0 aliphatic carbocycles. The first-order valence-electron chi connectivity index (χ1n) is 23.2. The molecule has 0 bridgehead atoms. The number of benzene rings is 5. The van der Waals surface area contributed by atoms with Crippen LogP contribution >= 0.6 is 22.6 Å². The molecule has 6 aromatic rings. The van der Waals surface area contributed by atoms with Gasteiger partial charge in [-0.15, -0.1) is 0 Å². The van der Waals surface area contributed by atoms with Crippen molar-refractivity contribution in [1.82, 2.24) is 30.3 Å². The van der Waals surface area contributed by atoms with Gasteiger partial charge in [-0.1, -0.05) is 181 Å². The Bertz CT molecular complexity index is 2680. The molecule has 1 N–H and O–H groups in total. The zero-order chi connectivity index (χ0) is 46.4. The third-order valence-corrected chi connectivity index (χ3v) is 12.9. The van der Waals surface area contributed by atoms with Gasteiger partial charge in [0.2, 0.25) is 5.91 Å². The number of fused-ring (bicyclic) bond motifs is 2. The van der Waals surface area contributed by atoms with E-state index in [2.05, 4.69) is 44.9 Å². The summed E-state index contributed by atoms with van der Waals surface area (Å²) in [6, 6.07) is 40.1. The van der Waals surface area contributed by atoms with Crippen LogP contribution in [0.3, 0.4) is 0 Å². The summed E-state index contributed by atoms with van der Waals surface area (Å²) in [5, 5.41) is 12.6. The van der Waals surface area contributed by atoms with Crippen LogP contribution in [0.1, 0.15) is 80.2 Å². The maximum absolute atomic E-state index is 14.8. The number of halogens is 1. The number of hydrazine groups is 1. The lowest BCUT2D eigenvalue weighted by Crippen LogP contribution is -2.76. The van der Waals surface area contributed by atoms with Crippen molar-refractivity contribution in [2.45, 2.75) is 89.6 Å². The van der Waals surface area contributed by atoms with Crippen molar-refractivity contribution >= 4 is 57.2 Å². The first-order chi connectivity index (χ1) is 32.8. The number of carbonyl (C=O) groups excluding carboxylic acids is 4. The Balaban J connectivity index is 1.04. The molecule has 67 heavy (non-hydrogen) atoms. The number of hydrogen-bond donors (Lipinski definition) is 1. The number of unbranched alkanes of at least 4 members (excludes halogenated alkanes) is 7. The number of rotatable bonds is 18. The molecule has 2 saturated heterocycles. The van der Waals surface area contributed by atoms with Crippen LogP contribution in [0.15, 0.2) is 138 Å². The second-order valence-corrected chi connectivity index (χ2v) is 18.0. The Morgan fingerprint density at radius 3 is 2.22 bits per heavy atom. The van der Waals surface area contributed by atoms with Crippen molar-refractivity contribution in [3.05, 3.63) is 156 Å². The van der Waals surface area contributed by atoms with Gasteiger partial charge in [0.15, 0.2) is 11.8 Å². The molecule has 2 fully saturated rings. The van der Waals surface area contributed by atoms with E-state index in [0.29, 0.717) is 29.2 Å². The highest BCUT2D eigenvalue weighted by atomic mass is 127. The van der Waals surface area contributed by atoms with Crippen LogP contribution in [0, 0.1) is 11.8 Å². The third kappa shape index (κ3) is 12.3. The molecule has 0 saturated carbocycles. The number of nitrogens with one attached hydrogen (secondary N) is 1. The van der Waals surface area contributed by atoms with Crippen LogP contribution in [0.5, 0.6) is 5.75 Å². The predicted octanol–water partition coefficient (Wildman–Crippen LogP) is 9.91. The summed E-state index contributed by atoms with van der Waals surface area (Å²) in [7, 11) is 0. The van der Waals surface area contributed by atoms with E-state index in [-0.39, 0.29) is 50.5 Å². The number of carbonyl (C=O) groups is 4. The predicted molar refractivity (Wildman–Crippen MR) is 266 cm³/mol. The smallest absolute Gasteiger partial charge is 0.334 e. The summed E-state index contributed by atoms with van der Waals surface area (Å²) in [6.07, 6.45) is 8.62. The molecule has 12 nitrogen and oxygen atoms in total. The summed E-state index contributed by atoms with van der Waals surface area (Å²) in [5.41, 5.74) is 3.88. The zero-order valence-corrected chi connectivity index (χ0v) is 39.7. The van der Waals surface area contributed by atoms with E-state index in [4.69, 9.17) is 9.26 Å². The number of amides is 4. The average Bonchev–Trinajstić information content (AvgIpc) is 3.82. The van der Waals surface area contributed by atoms with Gasteiger partial charge in [-0.3, -0.25) is 19.3 Å². The number of urea groups is 1. The Morgan fingerprint density at radius 1 is 0.776 bits per heavy atom. The van der Waals surface area contributed by atoms with Crippen molar-refractivity contribution < 1.29 is 28.4 Å². The van der Waals surface area contributed by atoms with Crippen molar-refractivity contribution in [3.8, 4) is 28.8 Å². The summed E-state index contributed by atoms with van der Waals surface area (Å²) in [4.78, 5) is 59.7. The lowest BCUT2D eigenvalue weighted by Gasteiger charge is -2.54. The van der Waals surface area contributed by atoms with E-state index < -0.39 is 18.2 Å². The number of nitrogens with zero attached hydrogens (tertiary/aromatic N) is 5. The van der Waals surface area contributed by atoms with Gasteiger partial charge in [-0.05, 0) is 63.4 Å². The molecule has 2 unspecified atom stereocenters. The molecule has 13 heteroatoms. The van der Waals surface area contributed by atoms with Crippen LogP contribution in [-0.2, 0) is 34.0 Å². The SMILES string of the molecule is O=C(CCCCCCCCCCI)Oc1ccc(C#CC2C(=O)N(Cc3cccc4ccccc34)CC3N2C(=O)CN(Cc2cc(-c4ccccc4)no2)N3C(=O)NCc2ccccc2)cc1. The normalized spacial score (nSPS) is 16.1. The van der Waals surface area contributed by atoms with Gasteiger partial charge >= 0.3 is 12.0 Å². The van der Waals surface area contributed by atoms with E-state index in [9.17, 15) is 19.2 Å². The van der Waals surface area contributed by atoms with Crippen LogP contribution in [0.4, 0.5) is 4.79 Å². The summed E-state index contributed by atoms with van der Waals surface area (Å²) >= 11 is 2.43. The number of alkyl halides is 1. The second-order valence-electron chi connectivity index (χ2n) is 16.9. The molecule has 3 heterocycles. The number of aromatic nitrogens is 1. The molecule has 2 atom stereocenters. The van der Waals surface area contributed by atoms with Gasteiger partial charge in [0.1, 0.15) is 17.6 Å². The van der Waals surface area contributed by atoms with Crippen LogP contribution in [-0.4, -0.2) is 78.5 Å². The van der Waals surface area contributed by atoms with Crippen LogP contribution in [0.2, 0.25) is 0 Å². The summed E-state index contributed by atoms with van der Waals surface area (Å²) in [6.45, 7) is 0.295. The molecule has 2 aliphatic rings. The monoisotopic (exact) mass is 1010 g/mol. The van der Waals surface area contributed by atoms with E-state index in [1.165, 1.54) is 46.4 Å². The highest BCUT2D eigenvalue weighted by molar-refractivity contribution is 14.1. The maximum atomic E-state index is 14.8. The molecule has 2 aliphatic heterocycles. The third-order valence-electron chi connectivity index (χ3n) is 12.1. The Kier molecular flexibility index (Phi) is 16.3. The van der Waals surface area contributed by atoms with Gasteiger partial charge < -0.3 is 19.5 Å². The molecule has 4 amide bonds. The van der Waals surface area contributed by atoms with Crippen LogP contribution in [0.25, 0.3) is 22.0 Å². The topological polar surface area (TPSA) is 129 Å². The van der Waals surface area contributed by atoms with E-state index in [1.54, 1.807) is 34.2 Å². The summed E-state index contributed by atoms with van der Waals surface area (Å²) < 4.78 is 12.7. The highest BCUT2D eigenvalue weighted by Crippen LogP contribution is 2.31. The second kappa shape index (κ2) is 23.3. The standard InChI is InChI=1S/C54H55IN6O6/c55-33-16-6-4-2-1-3-5-13-26-52(63)66-45-30-27-40(28-31-45)29-32-49-53(64)58(36-44-24-17-23-42-20-14-15-25-47(42)44)38-50-60(49)51(62)39-59(61(50)54(65)56-35-41-18-9-7-10-19-41)37-46-34-48(57-67-46)43-21-11-8-12-22-43/h7-12,14-15,17-25,27-28,30-31,34,49-50H,1-6,13,16,26,33,35-39H2,(H,56,65). The maximum Gasteiger partial charge on any atom is 0.334 e. The van der Waals surface area contributed by atoms with E-state index >= 15 is 0 Å². The van der Waals surface area contributed by atoms with Gasteiger partial charge in [0.25, 0.3) is 5.91 Å². The number of hydrogen-bond acceptors (Lipinski definition) is 8. The zero-order valence-electron chi connectivity index (χ0n) is 37.5. The van der Waals surface area contributed by atoms with Crippen molar-refractivity contribution in [2.75, 3.05) is 17.5 Å². The first-order valence-corrected chi connectivity index (χ1v) is 24.7. The average molecular weight is 1010 g/mol. The molecular weight excluding hydrogens is 956 g/mol. The fourth-order valence-corrected chi connectivity index (χ4v) is 9.22. The van der Waals surface area contributed by atoms with Crippen molar-refractivity contribution in [3.63, 3.8) is 0 Å². The van der Waals surface area contributed by atoms with E-state index in [1.807, 2.05) is 109 Å². The number of piperazine rings is 1.